The molecule has 0 saturated carbocycles. The molecule has 0 aliphatic rings. The van der Waals surface area contributed by atoms with Crippen molar-refractivity contribution in [2.45, 2.75) is 457 Å². The summed E-state index contributed by atoms with van der Waals surface area (Å²) in [6.07, 6.45) is 30.3. The summed E-state index contributed by atoms with van der Waals surface area (Å²) < 4.78 is 25.0. The molecule has 0 aliphatic carbocycles. The zero-order valence-electron chi connectivity index (χ0n) is 94.7. The van der Waals surface area contributed by atoms with Crippen molar-refractivity contribution < 1.29 is 17.9 Å². The number of hydrogen-bond acceptors (Lipinski definition) is 19. The van der Waals surface area contributed by atoms with E-state index in [-0.39, 0.29) is 0 Å². The lowest BCUT2D eigenvalue weighted by Crippen LogP contribution is -1.53. The summed E-state index contributed by atoms with van der Waals surface area (Å²) in [6.45, 7) is 132. The molecule has 0 atom stereocenters. The number of thiophene rings is 1. The first-order valence-electron chi connectivity index (χ1n) is 47.9. The Bertz CT molecular complexity index is 1230. The van der Waals surface area contributed by atoms with Crippen LogP contribution in [0.3, 0.4) is 0 Å². The van der Waals surface area contributed by atoms with E-state index < -0.39 is 0 Å². The van der Waals surface area contributed by atoms with Gasteiger partial charge in [0.05, 0.1) is 36.8 Å². The first kappa shape index (κ1) is 222. The minimum absolute atomic E-state index is 1.26. The van der Waals surface area contributed by atoms with Crippen LogP contribution in [0.4, 0.5) is 0 Å². The van der Waals surface area contributed by atoms with Gasteiger partial charge in [-0.05, 0) is 70.2 Å². The largest absolute Gasteiger partial charge is 0.473 e. The minimum atomic E-state index is 1.26. The molecule has 11 heterocycles. The first-order valence-corrected chi connectivity index (χ1v) is 51.5. The highest BCUT2D eigenvalue weighted by molar-refractivity contribution is 7.07. The fraction of sp³-hybridized carbons (Fsp3) is 0.667. The molecule has 0 spiro atoms. The normalized spacial score (nSPS) is 5.27. The van der Waals surface area contributed by atoms with E-state index >= 15 is 0 Å². The van der Waals surface area contributed by atoms with Crippen LogP contribution < -0.4 is 0 Å². The Labute approximate surface area is 784 Å². The number of aromatic nitrogens is 14. The molecule has 11 aromatic heterocycles. The molecule has 11 aromatic rings. The van der Waals surface area contributed by atoms with E-state index in [1.54, 1.807) is 95.8 Å². The van der Waals surface area contributed by atoms with Crippen molar-refractivity contribution in [1.29, 1.82) is 0 Å². The Kier molecular flexibility index (Phi) is 1130. The van der Waals surface area contributed by atoms with Crippen LogP contribution in [0.2, 0.25) is 0 Å². The summed E-state index contributed by atoms with van der Waals surface area (Å²) >= 11 is 6.13. The van der Waals surface area contributed by atoms with Crippen LogP contribution in [0.1, 0.15) is 457 Å². The zero-order chi connectivity index (χ0) is 105. The van der Waals surface area contributed by atoms with E-state index in [0.717, 1.165) is 0 Å². The molecule has 0 bridgehead atoms. The molecule has 22 heteroatoms. The number of rotatable bonds is 0. The van der Waals surface area contributed by atoms with Crippen molar-refractivity contribution in [3.8, 4) is 0 Å². The maximum absolute atomic E-state index is 4.58. The van der Waals surface area contributed by atoms with Crippen LogP contribution in [-0.4, -0.2) is 69.1 Å². The van der Waals surface area contributed by atoms with Crippen LogP contribution in [0.15, 0.2) is 218 Å². The van der Waals surface area contributed by atoms with Crippen molar-refractivity contribution in [3.63, 3.8) is 0 Å². The maximum atomic E-state index is 4.58. The van der Waals surface area contributed by atoms with E-state index in [0.29, 0.717) is 0 Å². The van der Waals surface area contributed by atoms with E-state index in [4.69, 9.17) is 0 Å². The fourth-order valence-corrected chi connectivity index (χ4v) is 3.52. The lowest BCUT2D eigenvalue weighted by molar-refractivity contribution is 0.416. The number of H-pyrrole nitrogens is 3. The van der Waals surface area contributed by atoms with Crippen molar-refractivity contribution in [2.75, 3.05) is 0 Å². The molecule has 0 aliphatic heterocycles. The third-order valence-corrected chi connectivity index (χ3v) is 6.14. The standard InChI is InChI=1S/C4H5N.C4H4O.C4H4S.C3H4N2.2C3H3NO.2C3H3NS.C2H3N3.C2H2N2O.C2H2N2S.33C2H6/c3*1-2-4-5-3-1;2*1-2-5-3-4-1;1-2-4-5-3-1;1-2-5-3-4-1;1-2-4-5-3-1;3*1-3-2-5-4-1;33*1-2/h1-5H;2*1-4H;1-3H,(H,4,5);4*1-3H;1-2H,(H,3,4,5);2*1-2H;33*1-2H3. The summed E-state index contributed by atoms with van der Waals surface area (Å²) in [5, 5.41) is 20.5. The predicted octanol–water partition coefficient (Wildman–Crippen LogP) is 42.4. The highest BCUT2D eigenvalue weighted by atomic mass is 32.1. The SMILES string of the molecule is CC.CC.CC.CC.CC.CC.CC.CC.CC.CC.CC.CC.CC.CC.CC.CC.CC.CC.CC.CC.CC.CC.CC.CC.CC.CC.CC.CC.CC.CC.CC.CC.CC.c1c[nH]cn1.c1cc[nH]c1.c1ccoc1.c1ccsc1.c1cnoc1.c1cnsc1.c1cocn1.c1cscn1.c1nc[nH]n1.c1ncon1.c1ncsn1. The summed E-state index contributed by atoms with van der Waals surface area (Å²) in [7, 11) is 0. The molecular formula is C99H234N14O4S4. The molecule has 121 heavy (non-hydrogen) atoms. The van der Waals surface area contributed by atoms with Gasteiger partial charge in [-0.2, -0.15) is 20.8 Å². The van der Waals surface area contributed by atoms with Gasteiger partial charge in [0.2, 0.25) is 6.39 Å². The number of thiazole rings is 1. The molecular weight excluding hydrogens is 1580 g/mol. The average molecular weight is 1810 g/mol. The van der Waals surface area contributed by atoms with Gasteiger partial charge >= 0.3 is 0 Å². The van der Waals surface area contributed by atoms with E-state index in [1.807, 2.05) is 533 Å². The lowest BCUT2D eigenvalue weighted by atomic mass is 10.7. The molecule has 11 rings (SSSR count). The Morgan fingerprint density at radius 2 is 0.620 bits per heavy atom. The Morgan fingerprint density at radius 3 is 0.711 bits per heavy atom. The Hall–Kier alpha value is -7.01. The number of nitrogens with zero attached hydrogens (tertiary/aromatic N) is 11. The van der Waals surface area contributed by atoms with Gasteiger partial charge in [0, 0.05) is 47.9 Å². The summed E-state index contributed by atoms with van der Waals surface area (Å²) in [5.74, 6) is 0. The van der Waals surface area contributed by atoms with Crippen molar-refractivity contribution in [1.82, 2.24) is 69.1 Å². The summed E-state index contributed by atoms with van der Waals surface area (Å²) in [6, 6.07) is 15.2. The third kappa shape index (κ3) is 604. The first-order chi connectivity index (χ1) is 60.5. The van der Waals surface area contributed by atoms with Crippen LogP contribution in [-0.2, 0) is 0 Å². The molecule has 0 radical (unpaired) electrons. The Balaban J connectivity index is -0.0000000213. The number of nitrogens with one attached hydrogen (secondary N) is 3. The summed E-state index contributed by atoms with van der Waals surface area (Å²) in [5.41, 5.74) is 3.47. The van der Waals surface area contributed by atoms with Gasteiger partial charge < -0.3 is 27.8 Å². The molecule has 748 valence electrons. The molecule has 0 fully saturated rings. The van der Waals surface area contributed by atoms with Crippen molar-refractivity contribution in [2.24, 2.45) is 0 Å². The van der Waals surface area contributed by atoms with E-state index in [2.05, 4.69) is 87.0 Å². The van der Waals surface area contributed by atoms with E-state index in [9.17, 15) is 0 Å². The molecule has 3 N–H and O–H groups in total. The van der Waals surface area contributed by atoms with Gasteiger partial charge in [0.1, 0.15) is 37.0 Å². The fourth-order valence-electron chi connectivity index (χ4n) is 2.09. The predicted molar refractivity (Wildman–Crippen MR) is 585 cm³/mol. The van der Waals surface area contributed by atoms with Crippen molar-refractivity contribution >= 4 is 45.7 Å². The number of hydrogen-bond donors (Lipinski definition) is 3. The van der Waals surface area contributed by atoms with Crippen LogP contribution in [0, 0.1) is 0 Å². The maximum Gasteiger partial charge on any atom is 0.213 e. The van der Waals surface area contributed by atoms with Gasteiger partial charge in [0.15, 0.2) is 12.7 Å². The highest BCUT2D eigenvalue weighted by Crippen LogP contribution is 1.91. The average Bonchev–Trinajstić information content (AvgIpc) is 2.99. The number of furan rings is 1. The smallest absolute Gasteiger partial charge is 0.213 e. The number of imidazole rings is 1. The minimum Gasteiger partial charge on any atom is -0.473 e. The second-order valence-electron chi connectivity index (χ2n) is 7.77. The van der Waals surface area contributed by atoms with Crippen LogP contribution in [0.25, 0.3) is 0 Å². The third-order valence-electron chi connectivity index (χ3n) is 4.04. The molecule has 18 nitrogen and oxygen atoms in total. The summed E-state index contributed by atoms with van der Waals surface area (Å²) in [4.78, 5) is 27.2. The van der Waals surface area contributed by atoms with E-state index in [1.165, 1.54) is 73.7 Å². The molecule has 0 aromatic carbocycles. The Morgan fingerprint density at radius 1 is 0.215 bits per heavy atom. The monoisotopic (exact) mass is 1810 g/mol. The second-order valence-corrected chi connectivity index (χ2v) is 10.7. The van der Waals surface area contributed by atoms with Crippen LogP contribution >= 0.6 is 45.7 Å². The molecule has 0 saturated heterocycles. The van der Waals surface area contributed by atoms with Gasteiger partial charge in [-0.3, -0.25) is 10.1 Å². The number of aromatic amines is 3. The van der Waals surface area contributed by atoms with Crippen molar-refractivity contribution in [3.05, 3.63) is 200 Å². The zero-order valence-corrected chi connectivity index (χ0v) is 98.0. The van der Waals surface area contributed by atoms with Gasteiger partial charge in [-0.1, -0.05) is 479 Å². The number of oxazole rings is 1. The quantitative estimate of drug-likeness (QED) is 0.128. The highest BCUT2D eigenvalue weighted by Gasteiger charge is 1.64. The molecule has 0 amide bonds. The van der Waals surface area contributed by atoms with Crippen LogP contribution in [0.5, 0.6) is 0 Å². The molecule has 0 unspecified atom stereocenters. The van der Waals surface area contributed by atoms with Gasteiger partial charge in [-0.25, -0.2) is 29.3 Å². The van der Waals surface area contributed by atoms with Gasteiger partial charge in [-0.15, -0.1) is 11.3 Å². The lowest BCUT2D eigenvalue weighted by Gasteiger charge is -1.50. The van der Waals surface area contributed by atoms with Gasteiger partial charge in [0.25, 0.3) is 0 Å². The topological polar surface area (TPSA) is 242 Å². The second kappa shape index (κ2) is 615.